The van der Waals surface area contributed by atoms with Gasteiger partial charge in [0.25, 0.3) is 0 Å². The summed E-state index contributed by atoms with van der Waals surface area (Å²) >= 11 is 0. The van der Waals surface area contributed by atoms with Crippen molar-refractivity contribution in [2.24, 2.45) is 5.92 Å². The van der Waals surface area contributed by atoms with Crippen LogP contribution in [0.15, 0.2) is 55.1 Å². The number of H-pyrrole nitrogens is 1. The Morgan fingerprint density at radius 3 is 3.00 bits per heavy atom. The predicted molar refractivity (Wildman–Crippen MR) is 120 cm³/mol. The fraction of sp³-hybridized carbons (Fsp3) is 0.346. The number of hydrogen-bond donors (Lipinski definition) is 2. The Morgan fingerprint density at radius 1 is 1.30 bits per heavy atom. The van der Waals surface area contributed by atoms with E-state index in [4.69, 9.17) is 4.74 Å². The Morgan fingerprint density at radius 2 is 2.17 bits per heavy atom. The van der Waals surface area contributed by atoms with Gasteiger partial charge in [-0.2, -0.15) is 0 Å². The third kappa shape index (κ3) is 2.98. The molecule has 0 saturated carbocycles. The van der Waals surface area contributed by atoms with Crippen molar-refractivity contribution in [2.75, 3.05) is 20.2 Å². The molecule has 154 valence electrons. The topological polar surface area (TPSA) is 54.1 Å². The van der Waals surface area contributed by atoms with Gasteiger partial charge in [0.15, 0.2) is 5.78 Å². The molecule has 4 heteroatoms. The van der Waals surface area contributed by atoms with Crippen LogP contribution in [0.5, 0.6) is 5.75 Å². The largest absolute Gasteiger partial charge is 0.497 e. The van der Waals surface area contributed by atoms with Crippen LogP contribution in [0.4, 0.5) is 0 Å². The van der Waals surface area contributed by atoms with E-state index in [0.29, 0.717) is 12.3 Å². The molecule has 4 nitrogen and oxygen atoms in total. The van der Waals surface area contributed by atoms with E-state index < -0.39 is 0 Å². The lowest BCUT2D eigenvalue weighted by molar-refractivity contribution is -0.113. The molecule has 1 aliphatic carbocycles. The monoisotopic (exact) mass is 400 g/mol. The summed E-state index contributed by atoms with van der Waals surface area (Å²) in [6.45, 7) is 5.69. The lowest BCUT2D eigenvalue weighted by Crippen LogP contribution is -2.52. The number of carbonyl (C=O) groups excluding carboxylic acids is 1. The van der Waals surface area contributed by atoms with E-state index in [1.165, 1.54) is 28.3 Å². The molecule has 0 spiro atoms. The summed E-state index contributed by atoms with van der Waals surface area (Å²) in [5.74, 6) is 1.51. The van der Waals surface area contributed by atoms with Gasteiger partial charge in [-0.05, 0) is 73.2 Å². The highest BCUT2D eigenvalue weighted by atomic mass is 16.5. The minimum Gasteiger partial charge on any atom is -0.497 e. The summed E-state index contributed by atoms with van der Waals surface area (Å²) in [5, 5.41) is 4.89. The molecule has 1 aromatic heterocycles. The van der Waals surface area contributed by atoms with Crippen LogP contribution in [-0.2, 0) is 29.5 Å². The molecule has 0 amide bonds. The SMILES string of the molecule is C=CC(=O)Cc1cccc2c3c([nH]c12)C[C@]1(c2cccc(OC)c2)CCNCC1C3. The highest BCUT2D eigenvalue weighted by Crippen LogP contribution is 2.48. The number of hydrogen-bond acceptors (Lipinski definition) is 3. The molecule has 30 heavy (non-hydrogen) atoms. The molecule has 1 saturated heterocycles. The van der Waals surface area contributed by atoms with Crippen molar-refractivity contribution in [1.82, 2.24) is 10.3 Å². The van der Waals surface area contributed by atoms with E-state index >= 15 is 0 Å². The number of ether oxygens (including phenoxy) is 1. The van der Waals surface area contributed by atoms with Crippen LogP contribution in [0.3, 0.4) is 0 Å². The normalized spacial score (nSPS) is 22.9. The van der Waals surface area contributed by atoms with Gasteiger partial charge in [0.2, 0.25) is 0 Å². The number of methoxy groups -OCH3 is 1. The maximum absolute atomic E-state index is 12.0. The average Bonchev–Trinajstić information content (AvgIpc) is 3.15. The Balaban J connectivity index is 1.62. The predicted octanol–water partition coefficient (Wildman–Crippen LogP) is 4.12. The lowest BCUT2D eigenvalue weighted by Gasteiger charge is -2.48. The number of allylic oxidation sites excluding steroid dienone is 1. The number of para-hydroxylation sites is 1. The highest BCUT2D eigenvalue weighted by Gasteiger charge is 2.46. The Bertz CT molecular complexity index is 1130. The van der Waals surface area contributed by atoms with Gasteiger partial charge in [-0.25, -0.2) is 0 Å². The van der Waals surface area contributed by atoms with Crippen LogP contribution in [0.2, 0.25) is 0 Å². The number of fused-ring (bicyclic) bond motifs is 4. The van der Waals surface area contributed by atoms with E-state index in [1.807, 2.05) is 6.07 Å². The molecule has 2 atom stereocenters. The second kappa shape index (κ2) is 7.44. The van der Waals surface area contributed by atoms with Crippen LogP contribution < -0.4 is 10.1 Å². The summed E-state index contributed by atoms with van der Waals surface area (Å²) in [4.78, 5) is 15.7. The molecule has 2 heterocycles. The smallest absolute Gasteiger partial charge is 0.159 e. The summed E-state index contributed by atoms with van der Waals surface area (Å²) in [6, 6.07) is 14.9. The molecule has 0 radical (unpaired) electrons. The fourth-order valence-corrected chi connectivity index (χ4v) is 5.64. The van der Waals surface area contributed by atoms with Gasteiger partial charge < -0.3 is 15.0 Å². The van der Waals surface area contributed by atoms with E-state index in [-0.39, 0.29) is 11.2 Å². The average molecular weight is 401 g/mol. The van der Waals surface area contributed by atoms with Crippen LogP contribution in [0.1, 0.15) is 28.8 Å². The molecule has 1 unspecified atom stereocenters. The van der Waals surface area contributed by atoms with Crippen molar-refractivity contribution in [3.05, 3.63) is 77.5 Å². The quantitative estimate of drug-likeness (QED) is 0.634. The fourth-order valence-electron chi connectivity index (χ4n) is 5.64. The number of piperidine rings is 1. The first-order valence-corrected chi connectivity index (χ1v) is 10.8. The van der Waals surface area contributed by atoms with E-state index in [9.17, 15) is 4.79 Å². The highest BCUT2D eigenvalue weighted by molar-refractivity contribution is 5.95. The first-order valence-electron chi connectivity index (χ1n) is 10.8. The van der Waals surface area contributed by atoms with E-state index in [0.717, 1.165) is 49.2 Å². The first kappa shape index (κ1) is 19.1. The van der Waals surface area contributed by atoms with Gasteiger partial charge in [0.1, 0.15) is 5.75 Å². The molecular weight excluding hydrogens is 372 g/mol. The van der Waals surface area contributed by atoms with Gasteiger partial charge in [0, 0.05) is 28.4 Å². The molecule has 0 bridgehead atoms. The van der Waals surface area contributed by atoms with Crippen molar-refractivity contribution in [1.29, 1.82) is 0 Å². The van der Waals surface area contributed by atoms with Gasteiger partial charge in [-0.15, -0.1) is 0 Å². The van der Waals surface area contributed by atoms with Crippen molar-refractivity contribution in [2.45, 2.75) is 31.1 Å². The van der Waals surface area contributed by atoms with Gasteiger partial charge in [-0.3, -0.25) is 4.79 Å². The molecule has 1 aliphatic heterocycles. The van der Waals surface area contributed by atoms with Crippen molar-refractivity contribution >= 4 is 16.7 Å². The summed E-state index contributed by atoms with van der Waals surface area (Å²) < 4.78 is 5.54. The van der Waals surface area contributed by atoms with Gasteiger partial charge in [-0.1, -0.05) is 36.9 Å². The van der Waals surface area contributed by atoms with Gasteiger partial charge in [0.05, 0.1) is 7.11 Å². The second-order valence-electron chi connectivity index (χ2n) is 8.69. The molecular formula is C26H28N2O2. The van der Waals surface area contributed by atoms with Crippen molar-refractivity contribution < 1.29 is 9.53 Å². The molecule has 1 fully saturated rings. The zero-order chi connectivity index (χ0) is 20.7. The Kier molecular flexibility index (Phi) is 4.75. The van der Waals surface area contributed by atoms with Crippen LogP contribution >= 0.6 is 0 Å². The third-order valence-electron chi connectivity index (χ3n) is 7.22. The number of ketones is 1. The Labute approximate surface area is 177 Å². The van der Waals surface area contributed by atoms with Gasteiger partial charge >= 0.3 is 0 Å². The minimum atomic E-state index is 0.0563. The summed E-state index contributed by atoms with van der Waals surface area (Å²) in [6.07, 6.45) is 4.96. The zero-order valence-corrected chi connectivity index (χ0v) is 17.5. The van der Waals surface area contributed by atoms with E-state index in [2.05, 4.69) is 53.3 Å². The van der Waals surface area contributed by atoms with Crippen LogP contribution in [0, 0.1) is 5.92 Å². The molecule has 5 rings (SSSR count). The lowest BCUT2D eigenvalue weighted by atomic mass is 9.59. The Hall–Kier alpha value is -2.85. The third-order valence-corrected chi connectivity index (χ3v) is 7.22. The molecule has 3 aromatic rings. The number of nitrogens with one attached hydrogen (secondary N) is 2. The number of rotatable bonds is 5. The summed E-state index contributed by atoms with van der Waals surface area (Å²) in [5.41, 5.74) is 6.40. The number of carbonyl (C=O) groups is 1. The van der Waals surface area contributed by atoms with Crippen molar-refractivity contribution in [3.8, 4) is 5.75 Å². The van der Waals surface area contributed by atoms with Crippen LogP contribution in [0.25, 0.3) is 10.9 Å². The number of benzene rings is 2. The minimum absolute atomic E-state index is 0.0563. The standard InChI is InChI=1S/C26H28N2O2/c1-3-20(29)12-17-6-4-9-22-23-14-19-16-27-11-10-26(19,15-24(23)28-25(17)22)18-7-5-8-21(13-18)30-2/h3-9,13,19,27-28H,1,10-12,14-16H2,2H3/t19?,26-/m0/s1. The zero-order valence-electron chi connectivity index (χ0n) is 17.5. The molecule has 2 N–H and O–H groups in total. The van der Waals surface area contributed by atoms with E-state index in [1.54, 1.807) is 7.11 Å². The second-order valence-corrected chi connectivity index (χ2v) is 8.69. The van der Waals surface area contributed by atoms with Crippen molar-refractivity contribution in [3.63, 3.8) is 0 Å². The molecule has 2 aromatic carbocycles. The maximum atomic E-state index is 12.0. The first-order chi connectivity index (χ1) is 14.6. The maximum Gasteiger partial charge on any atom is 0.159 e. The number of aromatic nitrogens is 1. The molecule has 2 aliphatic rings. The van der Waals surface area contributed by atoms with Crippen LogP contribution in [-0.4, -0.2) is 31.0 Å². The number of aromatic amines is 1. The summed E-state index contributed by atoms with van der Waals surface area (Å²) in [7, 11) is 1.74.